The number of carbonyl (C=O) groups is 1. The third kappa shape index (κ3) is 2.66. The zero-order valence-corrected chi connectivity index (χ0v) is 10.3. The van der Waals surface area contributed by atoms with Crippen molar-refractivity contribution in [3.05, 3.63) is 0 Å². The molecule has 2 rings (SSSR count). The summed E-state index contributed by atoms with van der Waals surface area (Å²) in [5.74, 6) is 0.0858. The van der Waals surface area contributed by atoms with Crippen molar-refractivity contribution in [1.82, 2.24) is 10.2 Å². The molecule has 94 valence electrons. The second-order valence-corrected chi connectivity index (χ2v) is 4.29. The molecule has 0 aromatic carbocycles. The van der Waals surface area contributed by atoms with Crippen molar-refractivity contribution in [2.45, 2.75) is 31.5 Å². The van der Waals surface area contributed by atoms with Gasteiger partial charge >= 0.3 is 0 Å². The van der Waals surface area contributed by atoms with E-state index < -0.39 is 0 Å². The lowest BCUT2D eigenvalue weighted by atomic mass is 10.1. The summed E-state index contributed by atoms with van der Waals surface area (Å²) in [7, 11) is 0. The van der Waals surface area contributed by atoms with E-state index in [2.05, 4.69) is 5.32 Å². The Kier molecular flexibility index (Phi) is 4.98. The largest absolute Gasteiger partial charge is 0.366 e. The molecule has 2 fully saturated rings. The molecule has 3 atom stereocenters. The fourth-order valence-electron chi connectivity index (χ4n) is 2.18. The zero-order chi connectivity index (χ0) is 10.8. The standard InChI is InChI=1S/C10H19N3O2.ClH/c1-7-8(11)2-4-13(7)10(14)9-6-12-3-5-15-9;/h7-9,12H,2-6,11H2,1H3;1H/t7?,8?,9-;/m0./s1. The Labute approximate surface area is 102 Å². The summed E-state index contributed by atoms with van der Waals surface area (Å²) in [5.41, 5.74) is 5.89. The molecule has 0 bridgehead atoms. The number of nitrogens with zero attached hydrogens (tertiary/aromatic N) is 1. The van der Waals surface area contributed by atoms with Gasteiger partial charge in [0.05, 0.1) is 6.61 Å². The Bertz CT molecular complexity index is 246. The number of hydrogen-bond donors (Lipinski definition) is 2. The highest BCUT2D eigenvalue weighted by atomic mass is 35.5. The molecule has 0 radical (unpaired) electrons. The van der Waals surface area contributed by atoms with Crippen molar-refractivity contribution in [1.29, 1.82) is 0 Å². The molecule has 2 unspecified atom stereocenters. The number of nitrogens with one attached hydrogen (secondary N) is 1. The lowest BCUT2D eigenvalue weighted by Gasteiger charge is -2.30. The number of morpholine rings is 1. The van der Waals surface area contributed by atoms with Crippen LogP contribution in [0.3, 0.4) is 0 Å². The minimum absolute atomic E-state index is 0. The SMILES string of the molecule is CC1C(N)CCN1C(=O)[C@@H]1CNCCO1.Cl. The summed E-state index contributed by atoms with van der Waals surface area (Å²) in [6.45, 7) is 4.84. The molecule has 2 saturated heterocycles. The predicted octanol–water partition coefficient (Wildman–Crippen LogP) is -0.655. The molecule has 0 aromatic rings. The summed E-state index contributed by atoms with van der Waals surface area (Å²) in [5, 5.41) is 3.16. The van der Waals surface area contributed by atoms with Crippen LogP contribution in [0.25, 0.3) is 0 Å². The van der Waals surface area contributed by atoms with Gasteiger partial charge in [0.2, 0.25) is 0 Å². The average molecular weight is 250 g/mol. The Morgan fingerprint density at radius 2 is 2.31 bits per heavy atom. The molecular formula is C10H20ClN3O2. The Balaban J connectivity index is 0.00000128. The van der Waals surface area contributed by atoms with Crippen LogP contribution in [0.4, 0.5) is 0 Å². The van der Waals surface area contributed by atoms with Crippen LogP contribution in [0.1, 0.15) is 13.3 Å². The van der Waals surface area contributed by atoms with E-state index in [1.165, 1.54) is 0 Å². The minimum Gasteiger partial charge on any atom is -0.366 e. The summed E-state index contributed by atoms with van der Waals surface area (Å²) < 4.78 is 5.44. The smallest absolute Gasteiger partial charge is 0.253 e. The van der Waals surface area contributed by atoms with E-state index in [1.807, 2.05) is 11.8 Å². The van der Waals surface area contributed by atoms with Crippen LogP contribution in [-0.2, 0) is 9.53 Å². The first-order valence-corrected chi connectivity index (χ1v) is 5.58. The fourth-order valence-corrected chi connectivity index (χ4v) is 2.18. The molecule has 0 aromatic heterocycles. The molecule has 0 aliphatic carbocycles. The number of halogens is 1. The maximum atomic E-state index is 12.1. The van der Waals surface area contributed by atoms with E-state index in [0.29, 0.717) is 13.2 Å². The van der Waals surface area contributed by atoms with Gasteiger partial charge in [0, 0.05) is 31.7 Å². The lowest BCUT2D eigenvalue weighted by molar-refractivity contribution is -0.145. The molecule has 1 amide bonds. The van der Waals surface area contributed by atoms with Crippen molar-refractivity contribution < 1.29 is 9.53 Å². The van der Waals surface area contributed by atoms with Crippen molar-refractivity contribution in [3.63, 3.8) is 0 Å². The van der Waals surface area contributed by atoms with E-state index in [9.17, 15) is 4.79 Å². The molecular weight excluding hydrogens is 230 g/mol. The molecule has 16 heavy (non-hydrogen) atoms. The van der Waals surface area contributed by atoms with Gasteiger partial charge in [-0.2, -0.15) is 0 Å². The van der Waals surface area contributed by atoms with Crippen LogP contribution in [0, 0.1) is 0 Å². The highest BCUT2D eigenvalue weighted by molar-refractivity contribution is 5.85. The molecule has 0 spiro atoms. The number of likely N-dealkylation sites (tertiary alicyclic amines) is 1. The second kappa shape index (κ2) is 5.82. The number of rotatable bonds is 1. The van der Waals surface area contributed by atoms with Gasteiger partial charge in [-0.05, 0) is 13.3 Å². The van der Waals surface area contributed by atoms with Crippen molar-refractivity contribution in [2.75, 3.05) is 26.2 Å². The van der Waals surface area contributed by atoms with Crippen LogP contribution in [0.5, 0.6) is 0 Å². The Morgan fingerprint density at radius 1 is 1.56 bits per heavy atom. The maximum absolute atomic E-state index is 12.1. The molecule has 5 nitrogen and oxygen atoms in total. The third-order valence-corrected chi connectivity index (χ3v) is 3.30. The Hall–Kier alpha value is -0.360. The van der Waals surface area contributed by atoms with Gasteiger partial charge in [0.1, 0.15) is 6.10 Å². The first kappa shape index (κ1) is 13.7. The van der Waals surface area contributed by atoms with Crippen LogP contribution in [0.15, 0.2) is 0 Å². The first-order valence-electron chi connectivity index (χ1n) is 5.58. The van der Waals surface area contributed by atoms with E-state index in [4.69, 9.17) is 10.5 Å². The summed E-state index contributed by atoms with van der Waals surface area (Å²) in [6.07, 6.45) is 0.582. The van der Waals surface area contributed by atoms with Crippen LogP contribution < -0.4 is 11.1 Å². The fraction of sp³-hybridized carbons (Fsp3) is 0.900. The van der Waals surface area contributed by atoms with Gasteiger partial charge in [-0.15, -0.1) is 12.4 Å². The minimum atomic E-state index is -0.313. The molecule has 3 N–H and O–H groups in total. The lowest BCUT2D eigenvalue weighted by Crippen LogP contribution is -2.51. The molecule has 2 aliphatic rings. The normalized spacial score (nSPS) is 34.6. The summed E-state index contributed by atoms with van der Waals surface area (Å²) >= 11 is 0. The molecule has 2 heterocycles. The van der Waals surface area contributed by atoms with E-state index in [-0.39, 0.29) is 36.5 Å². The van der Waals surface area contributed by atoms with Gasteiger partial charge in [-0.1, -0.05) is 0 Å². The van der Waals surface area contributed by atoms with E-state index in [0.717, 1.165) is 19.5 Å². The third-order valence-electron chi connectivity index (χ3n) is 3.30. The average Bonchev–Trinajstić information content (AvgIpc) is 2.60. The quantitative estimate of drug-likeness (QED) is 0.648. The van der Waals surface area contributed by atoms with Gasteiger partial charge in [0.15, 0.2) is 0 Å². The van der Waals surface area contributed by atoms with Crippen molar-refractivity contribution in [3.8, 4) is 0 Å². The first-order chi connectivity index (χ1) is 7.20. The number of hydrogen-bond acceptors (Lipinski definition) is 4. The number of nitrogens with two attached hydrogens (primary N) is 1. The van der Waals surface area contributed by atoms with Crippen molar-refractivity contribution in [2.24, 2.45) is 5.73 Å². The van der Waals surface area contributed by atoms with Gasteiger partial charge < -0.3 is 20.7 Å². The summed E-state index contributed by atoms with van der Waals surface area (Å²) in [4.78, 5) is 13.9. The Morgan fingerprint density at radius 3 is 2.81 bits per heavy atom. The predicted molar refractivity (Wildman–Crippen MR) is 63.6 cm³/mol. The van der Waals surface area contributed by atoms with Crippen molar-refractivity contribution >= 4 is 18.3 Å². The highest BCUT2D eigenvalue weighted by Gasteiger charge is 2.35. The van der Waals surface area contributed by atoms with Gasteiger partial charge in [-0.3, -0.25) is 4.79 Å². The van der Waals surface area contributed by atoms with Crippen LogP contribution >= 0.6 is 12.4 Å². The molecule has 6 heteroatoms. The van der Waals surface area contributed by atoms with Crippen LogP contribution in [-0.4, -0.2) is 55.2 Å². The van der Waals surface area contributed by atoms with Crippen LogP contribution in [0.2, 0.25) is 0 Å². The molecule has 0 saturated carbocycles. The number of ether oxygens (including phenoxy) is 1. The zero-order valence-electron chi connectivity index (χ0n) is 9.52. The highest BCUT2D eigenvalue weighted by Crippen LogP contribution is 2.17. The summed E-state index contributed by atoms with van der Waals surface area (Å²) in [6, 6.07) is 0.258. The molecule has 2 aliphatic heterocycles. The van der Waals surface area contributed by atoms with E-state index >= 15 is 0 Å². The monoisotopic (exact) mass is 249 g/mol. The van der Waals surface area contributed by atoms with Gasteiger partial charge in [0.25, 0.3) is 5.91 Å². The maximum Gasteiger partial charge on any atom is 0.253 e. The number of amides is 1. The second-order valence-electron chi connectivity index (χ2n) is 4.29. The topological polar surface area (TPSA) is 67.6 Å². The van der Waals surface area contributed by atoms with E-state index in [1.54, 1.807) is 0 Å². The number of carbonyl (C=O) groups excluding carboxylic acids is 1. The van der Waals surface area contributed by atoms with Gasteiger partial charge in [-0.25, -0.2) is 0 Å².